The molecule has 1 aliphatic carbocycles. The maximum Gasteiger partial charge on any atom is 0.419 e. The fourth-order valence-electron chi connectivity index (χ4n) is 5.26. The molecular formula is C24H31F4N5OS. The molecule has 2 aliphatic rings. The van der Waals surface area contributed by atoms with Crippen molar-refractivity contribution in [2.24, 2.45) is 11.7 Å². The lowest BCUT2D eigenvalue weighted by molar-refractivity contribution is -0.139. The molecular weight excluding hydrogens is 482 g/mol. The van der Waals surface area contributed by atoms with E-state index in [9.17, 15) is 22.4 Å². The Morgan fingerprint density at radius 3 is 2.69 bits per heavy atom. The zero-order valence-electron chi connectivity index (χ0n) is 19.7. The summed E-state index contributed by atoms with van der Waals surface area (Å²) < 4.78 is 53.2. The van der Waals surface area contributed by atoms with Gasteiger partial charge in [0.1, 0.15) is 10.8 Å². The largest absolute Gasteiger partial charge is 0.419 e. The molecule has 3 atom stereocenters. The van der Waals surface area contributed by atoms with E-state index in [4.69, 9.17) is 5.73 Å². The third kappa shape index (κ3) is 5.95. The number of anilines is 1. The van der Waals surface area contributed by atoms with Gasteiger partial charge in [0.05, 0.1) is 5.56 Å². The molecule has 11 heteroatoms. The topological polar surface area (TPSA) is 74.5 Å². The molecule has 35 heavy (non-hydrogen) atoms. The SMILES string of the molecule is C[C@@H]1[C@H](N(CCN2CCCC2)C(=O)Nc2ccc(F)c(C(F)(F)F)c2)CC[C@H]1c1cnc(CN)s1. The van der Waals surface area contributed by atoms with Crippen molar-refractivity contribution < 1.29 is 22.4 Å². The summed E-state index contributed by atoms with van der Waals surface area (Å²) in [5.41, 5.74) is 4.25. The number of halogens is 4. The molecule has 192 valence electrons. The molecule has 6 nitrogen and oxygen atoms in total. The Kier molecular flexibility index (Phi) is 7.97. The quantitative estimate of drug-likeness (QED) is 0.495. The van der Waals surface area contributed by atoms with E-state index in [0.29, 0.717) is 25.7 Å². The van der Waals surface area contributed by atoms with E-state index in [1.807, 2.05) is 6.20 Å². The summed E-state index contributed by atoms with van der Waals surface area (Å²) in [7, 11) is 0. The average Bonchev–Trinajstić information content (AvgIpc) is 3.56. The monoisotopic (exact) mass is 513 g/mol. The number of aromatic nitrogens is 1. The van der Waals surface area contributed by atoms with Crippen LogP contribution in [0, 0.1) is 11.7 Å². The molecule has 1 aliphatic heterocycles. The number of hydrogen-bond donors (Lipinski definition) is 2. The van der Waals surface area contributed by atoms with E-state index in [-0.39, 0.29) is 23.6 Å². The van der Waals surface area contributed by atoms with Gasteiger partial charge in [-0.1, -0.05) is 6.92 Å². The molecule has 2 aromatic rings. The van der Waals surface area contributed by atoms with Crippen molar-refractivity contribution in [3.05, 3.63) is 45.7 Å². The normalized spacial score (nSPS) is 23.1. The zero-order valence-corrected chi connectivity index (χ0v) is 20.5. The molecule has 1 saturated heterocycles. The number of nitrogens with one attached hydrogen (secondary N) is 1. The minimum absolute atomic E-state index is 0.0754. The summed E-state index contributed by atoms with van der Waals surface area (Å²) in [6.45, 7) is 5.63. The predicted molar refractivity (Wildman–Crippen MR) is 128 cm³/mol. The lowest BCUT2D eigenvalue weighted by Gasteiger charge is -2.34. The maximum absolute atomic E-state index is 13.7. The van der Waals surface area contributed by atoms with Crippen LogP contribution in [-0.4, -0.2) is 53.0 Å². The second-order valence-electron chi connectivity index (χ2n) is 9.34. The number of nitrogens with zero attached hydrogens (tertiary/aromatic N) is 3. The molecule has 0 spiro atoms. The number of urea groups is 1. The van der Waals surface area contributed by atoms with Gasteiger partial charge in [0, 0.05) is 42.4 Å². The average molecular weight is 514 g/mol. The Bertz CT molecular complexity index is 1020. The molecule has 1 aromatic heterocycles. The van der Waals surface area contributed by atoms with E-state index in [1.54, 1.807) is 16.2 Å². The summed E-state index contributed by atoms with van der Waals surface area (Å²) in [6.07, 6.45) is 0.941. The van der Waals surface area contributed by atoms with Crippen LogP contribution in [0.5, 0.6) is 0 Å². The van der Waals surface area contributed by atoms with Gasteiger partial charge in [0.2, 0.25) is 0 Å². The van der Waals surface area contributed by atoms with Gasteiger partial charge in [0.25, 0.3) is 0 Å². The highest BCUT2D eigenvalue weighted by Crippen LogP contribution is 2.44. The van der Waals surface area contributed by atoms with E-state index in [1.165, 1.54) is 0 Å². The number of benzene rings is 1. The van der Waals surface area contributed by atoms with Crippen LogP contribution < -0.4 is 11.1 Å². The Morgan fingerprint density at radius 2 is 2.03 bits per heavy atom. The molecule has 1 aromatic carbocycles. The first-order valence-electron chi connectivity index (χ1n) is 12.0. The third-order valence-corrected chi connectivity index (χ3v) is 8.32. The molecule has 0 bridgehead atoms. The summed E-state index contributed by atoms with van der Waals surface area (Å²) in [5.74, 6) is -0.984. The first kappa shape index (κ1) is 25.8. The van der Waals surface area contributed by atoms with Gasteiger partial charge in [-0.05, 0) is 68.8 Å². The minimum atomic E-state index is -4.84. The molecule has 2 heterocycles. The first-order valence-corrected chi connectivity index (χ1v) is 12.8. The van der Waals surface area contributed by atoms with Crippen LogP contribution in [0.4, 0.5) is 28.0 Å². The summed E-state index contributed by atoms with van der Waals surface area (Å²) in [4.78, 5) is 23.0. The Labute approximate surface area is 206 Å². The van der Waals surface area contributed by atoms with Crippen LogP contribution in [-0.2, 0) is 12.7 Å². The Balaban J connectivity index is 1.52. The molecule has 0 radical (unpaired) electrons. The third-order valence-electron chi connectivity index (χ3n) is 7.17. The molecule has 1 saturated carbocycles. The van der Waals surface area contributed by atoms with Crippen LogP contribution >= 0.6 is 11.3 Å². The highest BCUT2D eigenvalue weighted by Gasteiger charge is 2.40. The fraction of sp³-hybridized carbons (Fsp3) is 0.583. The van der Waals surface area contributed by atoms with Crippen molar-refractivity contribution in [1.82, 2.24) is 14.8 Å². The Hall–Kier alpha value is -2.24. The van der Waals surface area contributed by atoms with E-state index in [2.05, 4.69) is 22.1 Å². The van der Waals surface area contributed by atoms with E-state index < -0.39 is 23.6 Å². The van der Waals surface area contributed by atoms with Crippen molar-refractivity contribution in [3.63, 3.8) is 0 Å². The van der Waals surface area contributed by atoms with Gasteiger partial charge < -0.3 is 20.9 Å². The van der Waals surface area contributed by atoms with Gasteiger partial charge in [-0.3, -0.25) is 0 Å². The van der Waals surface area contributed by atoms with E-state index >= 15 is 0 Å². The summed E-state index contributed by atoms with van der Waals surface area (Å²) >= 11 is 1.59. The molecule has 2 fully saturated rings. The van der Waals surface area contributed by atoms with Crippen molar-refractivity contribution in [1.29, 1.82) is 0 Å². The number of nitrogens with two attached hydrogens (primary N) is 1. The number of thiazole rings is 1. The second-order valence-corrected chi connectivity index (χ2v) is 10.5. The van der Waals surface area contributed by atoms with Crippen LogP contribution in [0.15, 0.2) is 24.4 Å². The molecule has 4 rings (SSSR count). The summed E-state index contributed by atoms with van der Waals surface area (Å²) in [6, 6.07) is 2.01. The molecule has 3 N–H and O–H groups in total. The highest BCUT2D eigenvalue weighted by atomic mass is 32.1. The molecule has 2 amide bonds. The summed E-state index contributed by atoms with van der Waals surface area (Å²) in [5, 5.41) is 3.47. The van der Waals surface area contributed by atoms with Crippen molar-refractivity contribution in [2.45, 2.75) is 57.3 Å². The predicted octanol–water partition coefficient (Wildman–Crippen LogP) is 5.27. The van der Waals surface area contributed by atoms with Crippen LogP contribution in [0.1, 0.15) is 54.0 Å². The minimum Gasteiger partial charge on any atom is -0.325 e. The number of amides is 2. The molecule has 0 unspecified atom stereocenters. The first-order chi connectivity index (χ1) is 16.7. The van der Waals surface area contributed by atoms with Gasteiger partial charge in [-0.2, -0.15) is 13.2 Å². The van der Waals surface area contributed by atoms with Gasteiger partial charge in [-0.15, -0.1) is 11.3 Å². The lowest BCUT2D eigenvalue weighted by atomic mass is 9.94. The number of carbonyl (C=O) groups excluding carboxylic acids is 1. The van der Waals surface area contributed by atoms with Gasteiger partial charge in [0.15, 0.2) is 0 Å². The number of rotatable bonds is 7. The van der Waals surface area contributed by atoms with Crippen LogP contribution in [0.2, 0.25) is 0 Å². The highest BCUT2D eigenvalue weighted by molar-refractivity contribution is 7.11. The lowest BCUT2D eigenvalue weighted by Crippen LogP contribution is -2.47. The van der Waals surface area contributed by atoms with Crippen molar-refractivity contribution in [3.8, 4) is 0 Å². The number of likely N-dealkylation sites (tertiary alicyclic amines) is 1. The zero-order chi connectivity index (χ0) is 25.2. The van der Waals surface area contributed by atoms with Gasteiger partial charge in [-0.25, -0.2) is 14.2 Å². The number of carbonyl (C=O) groups is 1. The van der Waals surface area contributed by atoms with Crippen molar-refractivity contribution in [2.75, 3.05) is 31.5 Å². The second kappa shape index (κ2) is 10.8. The maximum atomic E-state index is 13.7. The number of alkyl halides is 3. The Morgan fingerprint density at radius 1 is 1.29 bits per heavy atom. The standard InChI is InChI=1S/C24H31F4N5OS/c1-15-17(21-14-30-22(13-29)35-21)5-7-20(15)33(11-10-32-8-2-3-9-32)23(34)31-16-4-6-19(25)18(12-16)24(26,27)28/h4,6,12,14-15,17,20H,2-3,5,7-11,13,29H2,1H3,(H,31,34)/t15-,17+,20+/m0/s1. The van der Waals surface area contributed by atoms with Crippen LogP contribution in [0.25, 0.3) is 0 Å². The van der Waals surface area contributed by atoms with Crippen molar-refractivity contribution >= 4 is 23.1 Å². The smallest absolute Gasteiger partial charge is 0.325 e. The fourth-order valence-corrected chi connectivity index (χ4v) is 6.31. The van der Waals surface area contributed by atoms with Gasteiger partial charge >= 0.3 is 12.2 Å². The van der Waals surface area contributed by atoms with Crippen LogP contribution in [0.3, 0.4) is 0 Å². The number of hydrogen-bond acceptors (Lipinski definition) is 5. The van der Waals surface area contributed by atoms with E-state index in [0.717, 1.165) is 60.8 Å².